The van der Waals surface area contributed by atoms with Crippen LogP contribution in [0.25, 0.3) is 55.6 Å². The molecule has 0 aliphatic heterocycles. The molecule has 44 heavy (non-hydrogen) atoms. The molecule has 3 nitrogen and oxygen atoms in total. The van der Waals surface area contributed by atoms with Crippen LogP contribution in [0.3, 0.4) is 0 Å². The molecule has 208 valence electrons. The van der Waals surface area contributed by atoms with Gasteiger partial charge in [0, 0.05) is 33.6 Å². The highest BCUT2D eigenvalue weighted by Gasteiger charge is 2.18. The van der Waals surface area contributed by atoms with E-state index in [1.54, 1.807) is 0 Å². The molecule has 0 aliphatic carbocycles. The van der Waals surface area contributed by atoms with Gasteiger partial charge in [-0.15, -0.1) is 0 Å². The van der Waals surface area contributed by atoms with E-state index in [-0.39, 0.29) is 0 Å². The van der Waals surface area contributed by atoms with Gasteiger partial charge in [-0.25, -0.2) is 4.98 Å². The third-order valence-electron chi connectivity index (χ3n) is 8.09. The smallest absolute Gasteiger partial charge is 0.227 e. The standard InChI is InChI=1S/C41H28N2O/c1-4-12-29(13-5-1)30-20-24-35(25-21-30)43(34-17-8-3-9-18-34)36-26-22-31(23-27-36)38-28-33-16-10-11-19-37(33)39-40(38)44-41(42-39)32-14-6-2-7-15-32/h1-28H. The van der Waals surface area contributed by atoms with Crippen LogP contribution in [0.15, 0.2) is 174 Å². The summed E-state index contributed by atoms with van der Waals surface area (Å²) in [6, 6.07) is 59.1. The fraction of sp³-hybridized carbons (Fsp3) is 0. The number of aromatic nitrogens is 1. The van der Waals surface area contributed by atoms with Crippen LogP contribution in [0.1, 0.15) is 0 Å². The lowest BCUT2D eigenvalue weighted by Crippen LogP contribution is -2.09. The monoisotopic (exact) mass is 564 g/mol. The van der Waals surface area contributed by atoms with Crippen molar-refractivity contribution in [2.45, 2.75) is 0 Å². The summed E-state index contributed by atoms with van der Waals surface area (Å²) in [6.07, 6.45) is 0. The Balaban J connectivity index is 1.22. The maximum absolute atomic E-state index is 6.49. The number of hydrogen-bond acceptors (Lipinski definition) is 3. The van der Waals surface area contributed by atoms with Crippen LogP contribution in [0, 0.1) is 0 Å². The van der Waals surface area contributed by atoms with E-state index < -0.39 is 0 Å². The molecule has 1 aromatic heterocycles. The Bertz CT molecular complexity index is 2190. The number of hydrogen-bond donors (Lipinski definition) is 0. The molecule has 0 saturated carbocycles. The molecule has 0 fully saturated rings. The van der Waals surface area contributed by atoms with Gasteiger partial charge in [0.25, 0.3) is 0 Å². The fourth-order valence-corrected chi connectivity index (χ4v) is 5.91. The normalized spacial score (nSPS) is 11.2. The molecule has 0 bridgehead atoms. The molecular formula is C41H28N2O. The number of para-hydroxylation sites is 1. The zero-order valence-corrected chi connectivity index (χ0v) is 24.0. The largest absolute Gasteiger partial charge is 0.435 e. The zero-order valence-electron chi connectivity index (χ0n) is 24.0. The minimum Gasteiger partial charge on any atom is -0.435 e. The minimum absolute atomic E-state index is 0.629. The predicted molar refractivity (Wildman–Crippen MR) is 183 cm³/mol. The first-order chi connectivity index (χ1) is 21.8. The van der Waals surface area contributed by atoms with Crippen LogP contribution in [-0.2, 0) is 0 Å². The first-order valence-electron chi connectivity index (χ1n) is 14.8. The van der Waals surface area contributed by atoms with Gasteiger partial charge in [-0.05, 0) is 76.7 Å². The van der Waals surface area contributed by atoms with Crippen LogP contribution in [-0.4, -0.2) is 4.98 Å². The van der Waals surface area contributed by atoms with Crippen molar-refractivity contribution in [3.05, 3.63) is 170 Å². The summed E-state index contributed by atoms with van der Waals surface area (Å²) < 4.78 is 6.49. The van der Waals surface area contributed by atoms with Crippen molar-refractivity contribution in [2.75, 3.05) is 4.90 Å². The van der Waals surface area contributed by atoms with E-state index in [0.717, 1.165) is 55.6 Å². The van der Waals surface area contributed by atoms with Crippen LogP contribution in [0.5, 0.6) is 0 Å². The summed E-state index contributed by atoms with van der Waals surface area (Å²) in [5.41, 5.74) is 10.4. The van der Waals surface area contributed by atoms with Crippen molar-refractivity contribution in [3.8, 4) is 33.7 Å². The molecule has 0 aliphatic rings. The highest BCUT2D eigenvalue weighted by atomic mass is 16.3. The van der Waals surface area contributed by atoms with Crippen molar-refractivity contribution in [3.63, 3.8) is 0 Å². The summed E-state index contributed by atoms with van der Waals surface area (Å²) in [5.74, 6) is 0.629. The fourth-order valence-electron chi connectivity index (χ4n) is 5.91. The first-order valence-corrected chi connectivity index (χ1v) is 14.8. The van der Waals surface area contributed by atoms with Crippen molar-refractivity contribution >= 4 is 38.9 Å². The van der Waals surface area contributed by atoms with Crippen molar-refractivity contribution in [2.24, 2.45) is 0 Å². The van der Waals surface area contributed by atoms with E-state index in [1.807, 2.05) is 36.4 Å². The Morgan fingerprint density at radius 1 is 0.432 bits per heavy atom. The maximum atomic E-state index is 6.49. The van der Waals surface area contributed by atoms with Gasteiger partial charge in [0.15, 0.2) is 5.58 Å². The lowest BCUT2D eigenvalue weighted by Gasteiger charge is -2.26. The van der Waals surface area contributed by atoms with E-state index in [0.29, 0.717) is 5.89 Å². The Morgan fingerprint density at radius 2 is 0.932 bits per heavy atom. The lowest BCUT2D eigenvalue weighted by atomic mass is 9.99. The highest BCUT2D eigenvalue weighted by Crippen LogP contribution is 2.40. The Hall–Kier alpha value is -5.93. The second-order valence-electron chi connectivity index (χ2n) is 10.8. The van der Waals surface area contributed by atoms with Gasteiger partial charge in [-0.2, -0.15) is 0 Å². The number of benzene rings is 7. The average Bonchev–Trinajstić information content (AvgIpc) is 3.56. The topological polar surface area (TPSA) is 29.3 Å². The summed E-state index contributed by atoms with van der Waals surface area (Å²) in [6.45, 7) is 0. The summed E-state index contributed by atoms with van der Waals surface area (Å²) >= 11 is 0. The number of fused-ring (bicyclic) bond motifs is 3. The van der Waals surface area contributed by atoms with Crippen LogP contribution >= 0.6 is 0 Å². The van der Waals surface area contributed by atoms with E-state index in [2.05, 4.69) is 138 Å². The second-order valence-corrected chi connectivity index (χ2v) is 10.8. The molecule has 0 saturated heterocycles. The Kier molecular flexibility index (Phi) is 6.47. The molecule has 0 amide bonds. The second kappa shape index (κ2) is 11.0. The summed E-state index contributed by atoms with van der Waals surface area (Å²) in [4.78, 5) is 7.26. The highest BCUT2D eigenvalue weighted by molar-refractivity contribution is 6.10. The summed E-state index contributed by atoms with van der Waals surface area (Å²) in [7, 11) is 0. The minimum atomic E-state index is 0.629. The quantitative estimate of drug-likeness (QED) is 0.201. The lowest BCUT2D eigenvalue weighted by molar-refractivity contribution is 0.621. The number of rotatable bonds is 6. The molecule has 8 aromatic rings. The van der Waals surface area contributed by atoms with E-state index >= 15 is 0 Å². The van der Waals surface area contributed by atoms with Gasteiger partial charge in [-0.3, -0.25) is 0 Å². The molecule has 3 heteroatoms. The van der Waals surface area contributed by atoms with E-state index in [1.165, 1.54) is 11.1 Å². The van der Waals surface area contributed by atoms with Gasteiger partial charge < -0.3 is 9.32 Å². The molecule has 7 aromatic carbocycles. The zero-order chi connectivity index (χ0) is 29.3. The molecule has 0 unspecified atom stereocenters. The molecular weight excluding hydrogens is 536 g/mol. The maximum Gasteiger partial charge on any atom is 0.227 e. The van der Waals surface area contributed by atoms with Gasteiger partial charge in [0.1, 0.15) is 5.52 Å². The van der Waals surface area contributed by atoms with Crippen molar-refractivity contribution in [1.82, 2.24) is 4.98 Å². The third kappa shape index (κ3) is 4.71. The van der Waals surface area contributed by atoms with Gasteiger partial charge in [-0.1, -0.05) is 115 Å². The Labute approximate surface area is 256 Å². The summed E-state index contributed by atoms with van der Waals surface area (Å²) in [5, 5.41) is 2.22. The van der Waals surface area contributed by atoms with E-state index in [9.17, 15) is 0 Å². The number of anilines is 3. The van der Waals surface area contributed by atoms with Crippen LogP contribution in [0.2, 0.25) is 0 Å². The molecule has 8 rings (SSSR count). The van der Waals surface area contributed by atoms with E-state index in [4.69, 9.17) is 9.40 Å². The van der Waals surface area contributed by atoms with Gasteiger partial charge in [0.2, 0.25) is 5.89 Å². The molecule has 0 radical (unpaired) electrons. The van der Waals surface area contributed by atoms with Crippen molar-refractivity contribution < 1.29 is 4.42 Å². The number of oxazole rings is 1. The molecule has 0 spiro atoms. The number of nitrogens with zero attached hydrogens (tertiary/aromatic N) is 2. The predicted octanol–water partition coefficient (Wildman–Crippen LogP) is 11.5. The van der Waals surface area contributed by atoms with Gasteiger partial charge >= 0.3 is 0 Å². The molecule has 0 N–H and O–H groups in total. The first kappa shape index (κ1) is 25.8. The third-order valence-corrected chi connectivity index (χ3v) is 8.09. The van der Waals surface area contributed by atoms with Crippen molar-refractivity contribution in [1.29, 1.82) is 0 Å². The van der Waals surface area contributed by atoms with Crippen LogP contribution in [0.4, 0.5) is 17.1 Å². The van der Waals surface area contributed by atoms with Gasteiger partial charge in [0.05, 0.1) is 0 Å². The average molecular weight is 565 g/mol. The molecule has 1 heterocycles. The molecule has 0 atom stereocenters. The van der Waals surface area contributed by atoms with Crippen LogP contribution < -0.4 is 4.90 Å². The SMILES string of the molecule is c1ccc(-c2ccc(N(c3ccccc3)c3ccc(-c4cc5ccccc5c5nc(-c6ccccc6)oc45)cc3)cc2)cc1. The Morgan fingerprint density at radius 3 is 1.59 bits per heavy atom.